The Labute approximate surface area is 148 Å². The van der Waals surface area contributed by atoms with E-state index in [-0.39, 0.29) is 12.1 Å². The number of thiophene rings is 1. The van der Waals surface area contributed by atoms with Crippen LogP contribution in [0.3, 0.4) is 0 Å². The first-order valence-electron chi connectivity index (χ1n) is 6.83. The molecule has 0 saturated heterocycles. The highest BCUT2D eigenvalue weighted by molar-refractivity contribution is 9.11. The first kappa shape index (κ1) is 16.3. The van der Waals surface area contributed by atoms with Crippen molar-refractivity contribution in [1.29, 1.82) is 0 Å². The number of aromatic nitrogens is 2. The third kappa shape index (κ3) is 3.52. The maximum Gasteiger partial charge on any atom is 0.279 e. The Morgan fingerprint density at radius 1 is 1.17 bits per heavy atom. The molecule has 3 rings (SSSR count). The largest absolute Gasteiger partial charge is 0.289 e. The van der Waals surface area contributed by atoms with Gasteiger partial charge in [0.15, 0.2) is 0 Å². The minimum atomic E-state index is -0.529. The van der Waals surface area contributed by atoms with E-state index in [1.807, 2.05) is 0 Å². The minimum Gasteiger partial charge on any atom is -0.289 e. The number of carbonyl (C=O) groups is 2. The molecule has 2 heterocycles. The van der Waals surface area contributed by atoms with Gasteiger partial charge in [0.2, 0.25) is 0 Å². The molecule has 0 radical (unpaired) electrons. The van der Waals surface area contributed by atoms with E-state index < -0.39 is 11.8 Å². The number of hydrogen-bond acceptors (Lipinski definition) is 5. The molecule has 0 aliphatic carbocycles. The maximum atomic E-state index is 12.3. The third-order valence-electron chi connectivity index (χ3n) is 3.16. The van der Waals surface area contributed by atoms with E-state index in [9.17, 15) is 14.4 Å². The van der Waals surface area contributed by atoms with Crippen molar-refractivity contribution >= 4 is 50.0 Å². The number of carbonyl (C=O) groups excluding carboxylic acids is 2. The molecule has 2 N–H and O–H groups in total. The molecule has 0 aliphatic heterocycles. The number of para-hydroxylation sites is 1. The second-order valence-corrected chi connectivity index (χ2v) is 7.26. The number of amides is 2. The summed E-state index contributed by atoms with van der Waals surface area (Å²) in [6.07, 6.45) is 1.31. The molecule has 2 aromatic heterocycles. The van der Waals surface area contributed by atoms with E-state index in [0.717, 1.165) is 3.79 Å². The topological polar surface area (TPSA) is 93.1 Å². The van der Waals surface area contributed by atoms with Crippen LogP contribution in [0, 0.1) is 0 Å². The van der Waals surface area contributed by atoms with Gasteiger partial charge in [-0.25, -0.2) is 4.98 Å². The lowest BCUT2D eigenvalue weighted by atomic mass is 10.2. The van der Waals surface area contributed by atoms with Gasteiger partial charge in [-0.15, -0.1) is 11.3 Å². The van der Waals surface area contributed by atoms with Crippen LogP contribution in [-0.2, 0) is 11.3 Å². The first-order chi connectivity index (χ1) is 11.5. The van der Waals surface area contributed by atoms with Crippen LogP contribution >= 0.6 is 27.3 Å². The van der Waals surface area contributed by atoms with Gasteiger partial charge in [0.1, 0.15) is 6.54 Å². The molecule has 2 amide bonds. The smallest absolute Gasteiger partial charge is 0.279 e. The zero-order chi connectivity index (χ0) is 17.1. The first-order valence-corrected chi connectivity index (χ1v) is 8.44. The number of fused-ring (bicyclic) bond motifs is 1. The van der Waals surface area contributed by atoms with Crippen molar-refractivity contribution in [3.8, 4) is 0 Å². The molecule has 0 unspecified atom stereocenters. The number of halogens is 1. The van der Waals surface area contributed by atoms with Crippen LogP contribution in [0.1, 0.15) is 9.67 Å². The van der Waals surface area contributed by atoms with E-state index in [1.165, 1.54) is 22.2 Å². The van der Waals surface area contributed by atoms with Crippen molar-refractivity contribution in [1.82, 2.24) is 20.4 Å². The van der Waals surface area contributed by atoms with Gasteiger partial charge in [0.05, 0.1) is 25.9 Å². The molecule has 9 heteroatoms. The molecule has 0 saturated carbocycles. The van der Waals surface area contributed by atoms with Crippen LogP contribution in [0.5, 0.6) is 0 Å². The van der Waals surface area contributed by atoms with Gasteiger partial charge in [-0.1, -0.05) is 12.1 Å². The zero-order valence-corrected chi connectivity index (χ0v) is 14.6. The molecule has 0 fully saturated rings. The Kier molecular flexibility index (Phi) is 4.72. The van der Waals surface area contributed by atoms with Gasteiger partial charge in [-0.05, 0) is 40.2 Å². The minimum absolute atomic E-state index is 0.245. The average molecular weight is 407 g/mol. The lowest BCUT2D eigenvalue weighted by Crippen LogP contribution is -2.44. The Bertz CT molecular complexity index is 982. The van der Waals surface area contributed by atoms with Crippen molar-refractivity contribution in [2.75, 3.05) is 0 Å². The summed E-state index contributed by atoms with van der Waals surface area (Å²) in [6, 6.07) is 10.3. The summed E-state index contributed by atoms with van der Waals surface area (Å²) in [7, 11) is 0. The van der Waals surface area contributed by atoms with Gasteiger partial charge in [-0.3, -0.25) is 29.8 Å². The van der Waals surface area contributed by atoms with E-state index in [4.69, 9.17) is 0 Å². The van der Waals surface area contributed by atoms with Crippen LogP contribution < -0.4 is 16.4 Å². The van der Waals surface area contributed by atoms with E-state index in [1.54, 1.807) is 36.4 Å². The van der Waals surface area contributed by atoms with Crippen LogP contribution in [0.15, 0.2) is 51.3 Å². The highest BCUT2D eigenvalue weighted by Gasteiger charge is 2.11. The normalized spacial score (nSPS) is 10.5. The Balaban J connectivity index is 1.66. The second-order valence-electron chi connectivity index (χ2n) is 4.80. The Hall–Kier alpha value is -2.52. The summed E-state index contributed by atoms with van der Waals surface area (Å²) in [5, 5.41) is 0.431. The number of nitrogens with one attached hydrogen (secondary N) is 2. The fraction of sp³-hybridized carbons (Fsp3) is 0.0667. The molecule has 7 nitrogen and oxygen atoms in total. The molecule has 122 valence electrons. The van der Waals surface area contributed by atoms with Crippen LogP contribution in [0.4, 0.5) is 0 Å². The van der Waals surface area contributed by atoms with Gasteiger partial charge in [0.25, 0.3) is 17.4 Å². The van der Waals surface area contributed by atoms with Gasteiger partial charge in [0, 0.05) is 0 Å². The lowest BCUT2D eigenvalue weighted by Gasteiger charge is -2.08. The zero-order valence-electron chi connectivity index (χ0n) is 12.2. The van der Waals surface area contributed by atoms with Crippen molar-refractivity contribution < 1.29 is 9.59 Å². The second kappa shape index (κ2) is 6.93. The summed E-state index contributed by atoms with van der Waals surface area (Å²) in [6.45, 7) is -0.245. The quantitative estimate of drug-likeness (QED) is 0.647. The standard InChI is InChI=1S/C15H11BrN4O3S/c16-12-6-5-11(24-12)14(22)19-18-13(21)7-20-8-17-10-4-2-1-3-9(10)15(20)23/h1-6,8H,7H2,(H,18,21)(H,19,22). The van der Waals surface area contributed by atoms with E-state index in [2.05, 4.69) is 31.8 Å². The summed E-state index contributed by atoms with van der Waals surface area (Å²) in [5.41, 5.74) is 4.83. The SMILES string of the molecule is O=C(Cn1cnc2ccccc2c1=O)NNC(=O)c1ccc(Br)s1. The monoisotopic (exact) mass is 406 g/mol. The fourth-order valence-corrected chi connectivity index (χ4v) is 3.32. The summed E-state index contributed by atoms with van der Waals surface area (Å²) < 4.78 is 2.00. The van der Waals surface area contributed by atoms with E-state index in [0.29, 0.717) is 15.8 Å². The molecule has 0 atom stereocenters. The average Bonchev–Trinajstić information content (AvgIpc) is 3.02. The van der Waals surface area contributed by atoms with Gasteiger partial charge >= 0.3 is 0 Å². The molecule has 0 aliphatic rings. The third-order valence-corrected chi connectivity index (χ3v) is 4.78. The predicted molar refractivity (Wildman–Crippen MR) is 93.6 cm³/mol. The predicted octanol–water partition coefficient (Wildman–Crippen LogP) is 1.68. The van der Waals surface area contributed by atoms with Crippen LogP contribution in [0.2, 0.25) is 0 Å². The van der Waals surface area contributed by atoms with Crippen molar-refractivity contribution in [3.63, 3.8) is 0 Å². The molecule has 0 spiro atoms. The Morgan fingerprint density at radius 2 is 1.96 bits per heavy atom. The molecular weight excluding hydrogens is 396 g/mol. The number of rotatable bonds is 3. The highest BCUT2D eigenvalue weighted by atomic mass is 79.9. The molecule has 1 aromatic carbocycles. The summed E-state index contributed by atoms with van der Waals surface area (Å²) in [4.78, 5) is 40.6. The van der Waals surface area contributed by atoms with E-state index >= 15 is 0 Å². The molecular formula is C15H11BrN4O3S. The van der Waals surface area contributed by atoms with Crippen molar-refractivity contribution in [2.45, 2.75) is 6.54 Å². The van der Waals surface area contributed by atoms with Crippen LogP contribution in [0.25, 0.3) is 10.9 Å². The molecule has 24 heavy (non-hydrogen) atoms. The van der Waals surface area contributed by atoms with Crippen molar-refractivity contribution in [3.05, 3.63) is 61.7 Å². The van der Waals surface area contributed by atoms with Crippen molar-refractivity contribution in [2.24, 2.45) is 0 Å². The van der Waals surface area contributed by atoms with Crippen LogP contribution in [-0.4, -0.2) is 21.4 Å². The highest BCUT2D eigenvalue weighted by Crippen LogP contribution is 2.21. The van der Waals surface area contributed by atoms with Gasteiger partial charge in [-0.2, -0.15) is 0 Å². The summed E-state index contributed by atoms with van der Waals surface area (Å²) in [5.74, 6) is -0.957. The number of benzene rings is 1. The maximum absolute atomic E-state index is 12.3. The fourth-order valence-electron chi connectivity index (χ4n) is 2.04. The number of nitrogens with zero attached hydrogens (tertiary/aromatic N) is 2. The van der Waals surface area contributed by atoms with Gasteiger partial charge < -0.3 is 0 Å². The molecule has 3 aromatic rings. The lowest BCUT2D eigenvalue weighted by molar-refractivity contribution is -0.122. The number of hydrogen-bond donors (Lipinski definition) is 2. The number of hydrazine groups is 1. The molecule has 0 bridgehead atoms. The Morgan fingerprint density at radius 3 is 2.71 bits per heavy atom. The summed E-state index contributed by atoms with van der Waals surface area (Å²) >= 11 is 4.50.